The van der Waals surface area contributed by atoms with Crippen molar-refractivity contribution in [3.05, 3.63) is 22.7 Å². The van der Waals surface area contributed by atoms with Crippen molar-refractivity contribution in [3.8, 4) is 0 Å². The summed E-state index contributed by atoms with van der Waals surface area (Å²) in [4.78, 5) is 18.1. The van der Waals surface area contributed by atoms with Crippen molar-refractivity contribution in [1.82, 2.24) is 10.3 Å². The maximum atomic E-state index is 12.3. The van der Waals surface area contributed by atoms with Gasteiger partial charge in [0.25, 0.3) is 5.91 Å². The van der Waals surface area contributed by atoms with Crippen LogP contribution in [0, 0.1) is 12.8 Å². The first-order chi connectivity index (χ1) is 10.2. The second-order valence-corrected chi connectivity index (χ2v) is 6.85. The highest BCUT2D eigenvalue weighted by molar-refractivity contribution is 7.21. The molecule has 0 spiro atoms. The van der Waals surface area contributed by atoms with Gasteiger partial charge in [-0.3, -0.25) is 4.79 Å². The molecule has 2 aromatic rings. The van der Waals surface area contributed by atoms with Crippen LogP contribution in [0.3, 0.4) is 0 Å². The van der Waals surface area contributed by atoms with Crippen molar-refractivity contribution in [3.63, 3.8) is 0 Å². The van der Waals surface area contributed by atoms with Crippen LogP contribution < -0.4 is 11.1 Å². The van der Waals surface area contributed by atoms with Crippen molar-refractivity contribution >= 4 is 33.1 Å². The van der Waals surface area contributed by atoms with Gasteiger partial charge < -0.3 is 11.1 Å². The van der Waals surface area contributed by atoms with Crippen LogP contribution in [0.15, 0.2) is 12.3 Å². The number of pyridine rings is 1. The smallest absolute Gasteiger partial charge is 0.263 e. The van der Waals surface area contributed by atoms with Crippen LogP contribution in [0.1, 0.15) is 47.3 Å². The minimum atomic E-state index is -0.0621. The number of hydrogen-bond acceptors (Lipinski definition) is 4. The zero-order valence-corrected chi connectivity index (χ0v) is 13.1. The van der Waals surface area contributed by atoms with Crippen molar-refractivity contribution in [2.24, 2.45) is 5.92 Å². The summed E-state index contributed by atoms with van der Waals surface area (Å²) < 4.78 is 0. The maximum Gasteiger partial charge on any atom is 0.263 e. The molecular weight excluding hydrogens is 282 g/mol. The van der Waals surface area contributed by atoms with Gasteiger partial charge in [-0.1, -0.05) is 25.7 Å². The lowest BCUT2D eigenvalue weighted by molar-refractivity contribution is 0.0956. The molecule has 1 aliphatic rings. The highest BCUT2D eigenvalue weighted by Gasteiger charge is 2.19. The molecule has 2 aromatic heterocycles. The van der Waals surface area contributed by atoms with E-state index < -0.39 is 0 Å². The van der Waals surface area contributed by atoms with Gasteiger partial charge >= 0.3 is 0 Å². The molecule has 0 saturated heterocycles. The number of carbonyl (C=O) groups excluding carboxylic acids is 1. The highest BCUT2D eigenvalue weighted by atomic mass is 32.1. The van der Waals surface area contributed by atoms with Crippen molar-refractivity contribution in [1.29, 1.82) is 0 Å². The predicted octanol–water partition coefficient (Wildman–Crippen LogP) is 3.50. The van der Waals surface area contributed by atoms with Gasteiger partial charge in [-0.05, 0) is 30.9 Å². The molecule has 21 heavy (non-hydrogen) atoms. The topological polar surface area (TPSA) is 68.0 Å². The lowest BCUT2D eigenvalue weighted by atomic mass is 10.0. The van der Waals surface area contributed by atoms with E-state index in [1.807, 2.05) is 13.0 Å². The third-order valence-corrected chi connectivity index (χ3v) is 5.47. The molecule has 0 unspecified atom stereocenters. The van der Waals surface area contributed by atoms with Crippen molar-refractivity contribution in [2.75, 3.05) is 12.3 Å². The van der Waals surface area contributed by atoms with Crippen LogP contribution in [-0.2, 0) is 0 Å². The van der Waals surface area contributed by atoms with Gasteiger partial charge in [0, 0.05) is 18.1 Å². The number of aromatic nitrogens is 1. The van der Waals surface area contributed by atoms with Crippen LogP contribution >= 0.6 is 11.3 Å². The Hall–Kier alpha value is -1.62. The normalized spacial score (nSPS) is 15.7. The molecule has 5 heteroatoms. The van der Waals surface area contributed by atoms with Crippen LogP contribution in [0.4, 0.5) is 5.69 Å². The van der Waals surface area contributed by atoms with E-state index in [4.69, 9.17) is 5.73 Å². The third-order valence-electron chi connectivity index (χ3n) is 4.36. The molecular formula is C16H21N3OS. The number of thiophene rings is 1. The monoisotopic (exact) mass is 303 g/mol. The number of amides is 1. The van der Waals surface area contributed by atoms with Gasteiger partial charge in [0.15, 0.2) is 0 Å². The summed E-state index contributed by atoms with van der Waals surface area (Å²) in [5.74, 6) is 0.724. The molecule has 0 aromatic carbocycles. The van der Waals surface area contributed by atoms with Crippen LogP contribution in [0.2, 0.25) is 0 Å². The minimum Gasteiger partial charge on any atom is -0.397 e. The standard InChI is InChI=1S/C16H21N3OS/c1-10-6-8-19-16-12(10)13(17)14(21-16)15(20)18-9-7-11-4-2-3-5-11/h6,8,11H,2-5,7,9,17H2,1H3,(H,18,20). The number of nitrogens with two attached hydrogens (primary N) is 1. The maximum absolute atomic E-state index is 12.3. The highest BCUT2D eigenvalue weighted by Crippen LogP contribution is 2.34. The van der Waals surface area contributed by atoms with Gasteiger partial charge in [0.1, 0.15) is 9.71 Å². The van der Waals surface area contributed by atoms with E-state index >= 15 is 0 Å². The Kier molecular flexibility index (Phi) is 4.10. The first kappa shape index (κ1) is 14.3. The zero-order chi connectivity index (χ0) is 14.8. The molecule has 1 aliphatic carbocycles. The largest absolute Gasteiger partial charge is 0.397 e. The molecule has 1 saturated carbocycles. The third kappa shape index (κ3) is 2.88. The number of fused-ring (bicyclic) bond motifs is 1. The Labute approximate surface area is 128 Å². The fourth-order valence-electron chi connectivity index (χ4n) is 3.14. The first-order valence-corrected chi connectivity index (χ1v) is 8.40. The summed E-state index contributed by atoms with van der Waals surface area (Å²) in [5, 5.41) is 3.93. The Morgan fingerprint density at radius 2 is 2.24 bits per heavy atom. The fourth-order valence-corrected chi connectivity index (χ4v) is 4.20. The van der Waals surface area contributed by atoms with Crippen LogP contribution in [0.5, 0.6) is 0 Å². The SMILES string of the molecule is Cc1ccnc2sc(C(=O)NCCC3CCCC3)c(N)c12. The molecule has 0 radical (unpaired) electrons. The Bertz CT molecular complexity index is 659. The number of nitrogens with one attached hydrogen (secondary N) is 1. The molecule has 0 bridgehead atoms. The summed E-state index contributed by atoms with van der Waals surface area (Å²) in [6.45, 7) is 2.73. The molecule has 1 amide bonds. The number of hydrogen-bond donors (Lipinski definition) is 2. The van der Waals surface area contributed by atoms with Gasteiger partial charge in [0.2, 0.25) is 0 Å². The first-order valence-electron chi connectivity index (χ1n) is 7.58. The van der Waals surface area contributed by atoms with Gasteiger partial charge in [-0.2, -0.15) is 0 Å². The average molecular weight is 303 g/mol. The van der Waals surface area contributed by atoms with E-state index in [1.165, 1.54) is 37.0 Å². The summed E-state index contributed by atoms with van der Waals surface area (Å²) in [6, 6.07) is 1.92. The van der Waals surface area contributed by atoms with E-state index in [9.17, 15) is 4.79 Å². The Morgan fingerprint density at radius 1 is 1.48 bits per heavy atom. The molecule has 3 N–H and O–H groups in total. The molecule has 1 fully saturated rings. The Morgan fingerprint density at radius 3 is 2.95 bits per heavy atom. The van der Waals surface area contributed by atoms with Gasteiger partial charge in [-0.15, -0.1) is 11.3 Å². The van der Waals surface area contributed by atoms with Gasteiger partial charge in [-0.25, -0.2) is 4.98 Å². The predicted molar refractivity (Wildman–Crippen MR) is 87.7 cm³/mol. The number of anilines is 1. The lowest BCUT2D eigenvalue weighted by Gasteiger charge is -2.09. The number of aryl methyl sites for hydroxylation is 1. The second kappa shape index (κ2) is 6.02. The molecule has 2 heterocycles. The molecule has 112 valence electrons. The lowest BCUT2D eigenvalue weighted by Crippen LogP contribution is -2.25. The zero-order valence-electron chi connectivity index (χ0n) is 12.3. The van der Waals surface area contributed by atoms with E-state index in [0.717, 1.165) is 34.7 Å². The summed E-state index contributed by atoms with van der Waals surface area (Å²) in [6.07, 6.45) is 8.14. The van der Waals surface area contributed by atoms with Crippen LogP contribution in [-0.4, -0.2) is 17.4 Å². The molecule has 0 aliphatic heterocycles. The number of carbonyl (C=O) groups is 1. The van der Waals surface area contributed by atoms with E-state index in [2.05, 4.69) is 10.3 Å². The van der Waals surface area contributed by atoms with E-state index in [0.29, 0.717) is 10.6 Å². The fraction of sp³-hybridized carbons (Fsp3) is 0.500. The molecule has 0 atom stereocenters. The average Bonchev–Trinajstić information content (AvgIpc) is 3.08. The van der Waals surface area contributed by atoms with Gasteiger partial charge in [0.05, 0.1) is 5.69 Å². The van der Waals surface area contributed by atoms with Crippen molar-refractivity contribution < 1.29 is 4.79 Å². The quantitative estimate of drug-likeness (QED) is 0.908. The summed E-state index contributed by atoms with van der Waals surface area (Å²) >= 11 is 1.38. The summed E-state index contributed by atoms with van der Waals surface area (Å²) in [7, 11) is 0. The molecule has 3 rings (SSSR count). The second-order valence-electron chi connectivity index (χ2n) is 5.85. The van der Waals surface area contributed by atoms with Crippen molar-refractivity contribution in [2.45, 2.75) is 39.0 Å². The van der Waals surface area contributed by atoms with E-state index in [-0.39, 0.29) is 5.91 Å². The Balaban J connectivity index is 1.69. The number of nitrogen functional groups attached to an aromatic ring is 1. The van der Waals surface area contributed by atoms with E-state index in [1.54, 1.807) is 6.20 Å². The number of nitrogens with zero attached hydrogens (tertiary/aromatic N) is 1. The minimum absolute atomic E-state index is 0.0621. The number of rotatable bonds is 4. The van der Waals surface area contributed by atoms with Crippen LogP contribution in [0.25, 0.3) is 10.2 Å². The summed E-state index contributed by atoms with van der Waals surface area (Å²) in [5.41, 5.74) is 7.78. The molecule has 4 nitrogen and oxygen atoms in total.